The van der Waals surface area contributed by atoms with Gasteiger partial charge in [-0.2, -0.15) is 13.2 Å². The molecule has 2 aromatic heterocycles. The van der Waals surface area contributed by atoms with Crippen LogP contribution >= 0.6 is 23.1 Å². The third kappa shape index (κ3) is 5.36. The highest BCUT2D eigenvalue weighted by Crippen LogP contribution is 2.33. The van der Waals surface area contributed by atoms with Gasteiger partial charge in [0.15, 0.2) is 5.78 Å². The van der Waals surface area contributed by atoms with Crippen LogP contribution in [0.25, 0.3) is 10.6 Å². The number of carbonyl (C=O) groups is 1. The number of thioether (sulfide) groups is 1. The summed E-state index contributed by atoms with van der Waals surface area (Å²) >= 11 is 1.91. The highest BCUT2D eigenvalue weighted by molar-refractivity contribution is 7.99. The minimum absolute atomic E-state index is 0.0462. The van der Waals surface area contributed by atoms with Crippen molar-refractivity contribution in [2.75, 3.05) is 11.5 Å². The Morgan fingerprint density at radius 1 is 1.24 bits per heavy atom. The summed E-state index contributed by atoms with van der Waals surface area (Å²) in [7, 11) is 0. The number of nitrogens with two attached hydrogens (primary N) is 1. The Morgan fingerprint density at radius 3 is 2.66 bits per heavy atom. The van der Waals surface area contributed by atoms with E-state index in [-0.39, 0.29) is 18.0 Å². The van der Waals surface area contributed by atoms with Crippen molar-refractivity contribution >= 4 is 34.7 Å². The molecule has 1 aromatic carbocycles. The van der Waals surface area contributed by atoms with Gasteiger partial charge in [-0.05, 0) is 48.7 Å². The lowest BCUT2D eigenvalue weighted by atomic mass is 10.0. The number of nitrogens with zero attached hydrogens (tertiary/aromatic N) is 2. The molecule has 0 amide bonds. The van der Waals surface area contributed by atoms with Crippen LogP contribution in [0.15, 0.2) is 41.6 Å². The van der Waals surface area contributed by atoms with Crippen LogP contribution in [-0.4, -0.2) is 27.7 Å². The fourth-order valence-corrected chi connectivity index (χ4v) is 4.52. The second-order valence-electron chi connectivity index (χ2n) is 6.52. The molecule has 152 valence electrons. The Labute approximate surface area is 174 Å². The third-order valence-electron chi connectivity index (χ3n) is 4.19. The number of benzene rings is 1. The van der Waals surface area contributed by atoms with E-state index in [0.29, 0.717) is 20.3 Å². The van der Waals surface area contributed by atoms with E-state index in [0.717, 1.165) is 28.5 Å². The Hall–Kier alpha value is -2.39. The maximum absolute atomic E-state index is 12.8. The summed E-state index contributed by atoms with van der Waals surface area (Å²) in [6.45, 7) is 3.60. The summed E-state index contributed by atoms with van der Waals surface area (Å²) in [6.07, 6.45) is -0.926. The molecule has 0 unspecified atom stereocenters. The summed E-state index contributed by atoms with van der Waals surface area (Å²) < 4.78 is 37.7. The molecule has 0 fully saturated rings. The predicted molar refractivity (Wildman–Crippen MR) is 110 cm³/mol. The van der Waals surface area contributed by atoms with Crippen molar-refractivity contribution in [3.05, 3.63) is 58.2 Å². The van der Waals surface area contributed by atoms with E-state index < -0.39 is 11.9 Å². The lowest BCUT2D eigenvalue weighted by Crippen LogP contribution is -2.11. The van der Waals surface area contributed by atoms with Crippen molar-refractivity contribution in [3.63, 3.8) is 0 Å². The maximum Gasteiger partial charge on any atom is 0.398 e. The van der Waals surface area contributed by atoms with Crippen molar-refractivity contribution in [3.8, 4) is 10.6 Å². The van der Waals surface area contributed by atoms with Gasteiger partial charge < -0.3 is 5.73 Å². The maximum atomic E-state index is 12.8. The van der Waals surface area contributed by atoms with E-state index in [1.54, 1.807) is 37.5 Å². The Balaban J connectivity index is 1.83. The normalized spacial score (nSPS) is 11.6. The van der Waals surface area contributed by atoms with Crippen molar-refractivity contribution < 1.29 is 18.0 Å². The number of nitrogen functional groups attached to an aromatic ring is 1. The van der Waals surface area contributed by atoms with Crippen LogP contribution in [0.1, 0.15) is 26.4 Å². The van der Waals surface area contributed by atoms with Gasteiger partial charge in [-0.1, -0.05) is 6.07 Å². The van der Waals surface area contributed by atoms with Gasteiger partial charge in [0.2, 0.25) is 0 Å². The first-order valence-corrected chi connectivity index (χ1v) is 10.4. The average molecular weight is 438 g/mol. The first-order chi connectivity index (χ1) is 13.6. The number of thiazole rings is 1. The molecule has 4 nitrogen and oxygen atoms in total. The highest BCUT2D eigenvalue weighted by atomic mass is 32.2. The number of hydrogen-bond acceptors (Lipinski definition) is 6. The predicted octanol–water partition coefficient (Wildman–Crippen LogP) is 5.48. The number of ketones is 1. The van der Waals surface area contributed by atoms with E-state index in [2.05, 4.69) is 9.97 Å². The van der Waals surface area contributed by atoms with Crippen LogP contribution in [0.2, 0.25) is 0 Å². The SMILES string of the molecule is Cc1cc(C)c(SCC(F)(F)F)cc1CC(=O)c1sc(-c2cccnc2)nc1N. The van der Waals surface area contributed by atoms with E-state index in [1.165, 1.54) is 11.3 Å². The number of rotatable bonds is 6. The molecule has 0 aliphatic rings. The van der Waals surface area contributed by atoms with E-state index >= 15 is 0 Å². The van der Waals surface area contributed by atoms with Gasteiger partial charge in [0.25, 0.3) is 0 Å². The molecule has 3 aromatic rings. The number of aromatic nitrogens is 2. The molecule has 3 rings (SSSR count). The number of anilines is 1. The third-order valence-corrected chi connectivity index (χ3v) is 6.57. The van der Waals surface area contributed by atoms with Gasteiger partial charge >= 0.3 is 6.18 Å². The van der Waals surface area contributed by atoms with Crippen LogP contribution in [0.5, 0.6) is 0 Å². The van der Waals surface area contributed by atoms with Gasteiger partial charge in [0.1, 0.15) is 15.7 Å². The summed E-state index contributed by atoms with van der Waals surface area (Å²) in [4.78, 5) is 22.0. The van der Waals surface area contributed by atoms with Gasteiger partial charge in [0.05, 0.1) is 5.75 Å². The van der Waals surface area contributed by atoms with Crippen molar-refractivity contribution in [2.24, 2.45) is 0 Å². The zero-order chi connectivity index (χ0) is 21.2. The standard InChI is InChI=1S/C20H18F3N3OS2/c1-11-6-12(2)16(28-10-20(21,22)23)8-14(11)7-15(27)17-18(24)26-19(29-17)13-4-3-5-25-9-13/h3-6,8-9H,7,10,24H2,1-2H3. The molecule has 0 spiro atoms. The molecule has 2 N–H and O–H groups in total. The van der Waals surface area contributed by atoms with Crippen LogP contribution in [-0.2, 0) is 6.42 Å². The second-order valence-corrected chi connectivity index (χ2v) is 8.54. The minimum atomic E-state index is -4.25. The summed E-state index contributed by atoms with van der Waals surface area (Å²) in [5.41, 5.74) is 9.00. The Kier molecular flexibility index (Phi) is 6.28. The van der Waals surface area contributed by atoms with Crippen molar-refractivity contribution in [1.82, 2.24) is 9.97 Å². The Bertz CT molecular complexity index is 1030. The monoisotopic (exact) mass is 437 g/mol. The van der Waals surface area contributed by atoms with Gasteiger partial charge in [0, 0.05) is 29.3 Å². The number of alkyl halides is 3. The molecule has 2 heterocycles. The molecule has 0 saturated heterocycles. The lowest BCUT2D eigenvalue weighted by molar-refractivity contribution is -0.105. The zero-order valence-electron chi connectivity index (χ0n) is 15.7. The smallest absolute Gasteiger partial charge is 0.382 e. The topological polar surface area (TPSA) is 68.9 Å². The summed E-state index contributed by atoms with van der Waals surface area (Å²) in [6, 6.07) is 7.06. The molecule has 0 saturated carbocycles. The molecule has 0 aliphatic carbocycles. The molecule has 0 aliphatic heterocycles. The van der Waals surface area contributed by atoms with Crippen LogP contribution in [0.3, 0.4) is 0 Å². The summed E-state index contributed by atoms with van der Waals surface area (Å²) in [5, 5.41) is 0.598. The van der Waals surface area contributed by atoms with Crippen molar-refractivity contribution in [1.29, 1.82) is 0 Å². The number of aryl methyl sites for hydroxylation is 2. The van der Waals surface area contributed by atoms with Crippen LogP contribution < -0.4 is 5.73 Å². The first-order valence-electron chi connectivity index (χ1n) is 8.63. The molecule has 0 radical (unpaired) electrons. The second kappa shape index (κ2) is 8.54. The number of halogens is 3. The fourth-order valence-electron chi connectivity index (χ4n) is 2.78. The van der Waals surface area contributed by atoms with Gasteiger partial charge in [-0.15, -0.1) is 23.1 Å². The first kappa shape index (κ1) is 21.3. The van der Waals surface area contributed by atoms with E-state index in [9.17, 15) is 18.0 Å². The molecule has 9 heteroatoms. The number of carbonyl (C=O) groups excluding carboxylic acids is 1. The zero-order valence-corrected chi connectivity index (χ0v) is 17.3. The average Bonchev–Trinajstić information content (AvgIpc) is 3.05. The Morgan fingerprint density at radius 2 is 2.00 bits per heavy atom. The van der Waals surface area contributed by atoms with Gasteiger partial charge in [-0.25, -0.2) is 4.98 Å². The number of Topliss-reactive ketones (excluding diaryl/α,β-unsaturated/α-hetero) is 1. The highest BCUT2D eigenvalue weighted by Gasteiger charge is 2.28. The van der Waals surface area contributed by atoms with Crippen LogP contribution in [0, 0.1) is 13.8 Å². The number of pyridine rings is 1. The molecular weight excluding hydrogens is 419 g/mol. The fraction of sp³-hybridized carbons (Fsp3) is 0.250. The molecular formula is C20H18F3N3OS2. The van der Waals surface area contributed by atoms with Crippen molar-refractivity contribution in [2.45, 2.75) is 31.3 Å². The van der Waals surface area contributed by atoms with Crippen LogP contribution in [0.4, 0.5) is 19.0 Å². The summed E-state index contributed by atoms with van der Waals surface area (Å²) in [5.74, 6) is -1.04. The lowest BCUT2D eigenvalue weighted by Gasteiger charge is -2.12. The largest absolute Gasteiger partial charge is 0.398 e. The van der Waals surface area contributed by atoms with Gasteiger partial charge in [-0.3, -0.25) is 9.78 Å². The molecule has 0 bridgehead atoms. The van der Waals surface area contributed by atoms with E-state index in [1.807, 2.05) is 13.0 Å². The quantitative estimate of drug-likeness (QED) is 0.408. The molecule has 29 heavy (non-hydrogen) atoms. The van der Waals surface area contributed by atoms with E-state index in [4.69, 9.17) is 5.73 Å². The number of hydrogen-bond donors (Lipinski definition) is 1. The molecule has 0 atom stereocenters. The minimum Gasteiger partial charge on any atom is -0.382 e.